The van der Waals surface area contributed by atoms with Crippen molar-refractivity contribution in [3.8, 4) is 11.3 Å². The Morgan fingerprint density at radius 3 is 2.63 bits per heavy atom. The molecule has 0 radical (unpaired) electrons. The number of aliphatic hydroxyl groups is 1. The van der Waals surface area contributed by atoms with Gasteiger partial charge in [0.25, 0.3) is 11.5 Å². The Labute approximate surface area is 332 Å². The van der Waals surface area contributed by atoms with Gasteiger partial charge in [0.2, 0.25) is 5.91 Å². The second-order valence-electron chi connectivity index (χ2n) is 17.1. The highest BCUT2D eigenvalue weighted by atomic mass is 16.5. The molecule has 1 saturated carbocycles. The second-order valence-corrected chi connectivity index (χ2v) is 17.1. The molecule has 3 N–H and O–H groups in total. The Bertz CT molecular complexity index is 2340. The summed E-state index contributed by atoms with van der Waals surface area (Å²) in [5, 5.41) is 17.0. The van der Waals surface area contributed by atoms with Gasteiger partial charge in [0.05, 0.1) is 29.2 Å². The smallest absolute Gasteiger partial charge is 0.293 e. The average molecular weight is 774 g/mol. The minimum atomic E-state index is -0.389. The minimum Gasteiger partial charge on any atom is -0.392 e. The van der Waals surface area contributed by atoms with E-state index in [0.717, 1.165) is 77.1 Å². The van der Waals surface area contributed by atoms with E-state index in [1.807, 2.05) is 24.3 Å². The molecule has 1 spiro atoms. The lowest BCUT2D eigenvalue weighted by atomic mass is 9.90. The van der Waals surface area contributed by atoms with Crippen molar-refractivity contribution in [3.05, 3.63) is 88.2 Å². The van der Waals surface area contributed by atoms with E-state index in [0.29, 0.717) is 58.8 Å². The summed E-state index contributed by atoms with van der Waals surface area (Å²) in [6, 6.07) is 10.0. The molecule has 5 aliphatic rings. The van der Waals surface area contributed by atoms with Crippen LogP contribution in [0.25, 0.3) is 11.3 Å². The fraction of sp³-hybridized carbons (Fsp3) is 0.465. The third-order valence-corrected chi connectivity index (χ3v) is 12.6. The molecule has 14 heteroatoms. The predicted molar refractivity (Wildman–Crippen MR) is 219 cm³/mol. The van der Waals surface area contributed by atoms with E-state index in [9.17, 15) is 19.5 Å². The van der Waals surface area contributed by atoms with Gasteiger partial charge in [0.1, 0.15) is 11.5 Å². The van der Waals surface area contributed by atoms with Gasteiger partial charge in [-0.25, -0.2) is 9.97 Å². The summed E-state index contributed by atoms with van der Waals surface area (Å²) < 4.78 is 9.22. The monoisotopic (exact) mass is 773 g/mol. The average Bonchev–Trinajstić information content (AvgIpc) is 3.79. The van der Waals surface area contributed by atoms with E-state index in [4.69, 9.17) is 9.72 Å². The third-order valence-electron chi connectivity index (χ3n) is 12.6. The van der Waals surface area contributed by atoms with Crippen LogP contribution in [-0.2, 0) is 42.6 Å². The molecule has 4 aromatic rings. The molecule has 0 bridgehead atoms. The van der Waals surface area contributed by atoms with Gasteiger partial charge >= 0.3 is 0 Å². The number of carbonyl (C=O) groups excluding carboxylic acids is 2. The van der Waals surface area contributed by atoms with Gasteiger partial charge in [0.15, 0.2) is 5.82 Å². The third kappa shape index (κ3) is 6.72. The van der Waals surface area contributed by atoms with Crippen molar-refractivity contribution in [1.82, 2.24) is 24.0 Å². The molecule has 2 aliphatic carbocycles. The maximum atomic E-state index is 14.0. The molecule has 6 heterocycles. The Kier molecular flexibility index (Phi) is 9.32. The highest BCUT2D eigenvalue weighted by molar-refractivity contribution is 6.06. The molecular weight excluding hydrogens is 723 g/mol. The maximum Gasteiger partial charge on any atom is 0.293 e. The highest BCUT2D eigenvalue weighted by Crippen LogP contribution is 2.49. The number of amides is 2. The SMILES string of the molecule is C=CC(=O)Nc1cc(Nc2nc(-c3ccnc(N4CCn5c(cc6c5CC(C)(C)C6)C4=O)c3CO)cn(C)c2=O)ccc1N1CCN(C2CCOCC2)CC12CC2. The quantitative estimate of drug-likeness (QED) is 0.206. The molecule has 57 heavy (non-hydrogen) atoms. The number of carbonyl (C=O) groups is 2. The van der Waals surface area contributed by atoms with Crippen molar-refractivity contribution in [1.29, 1.82) is 0 Å². The first kappa shape index (κ1) is 37.3. The van der Waals surface area contributed by atoms with Crippen molar-refractivity contribution >= 4 is 40.5 Å². The van der Waals surface area contributed by atoms with E-state index in [-0.39, 0.29) is 40.8 Å². The first-order valence-corrected chi connectivity index (χ1v) is 20.1. The fourth-order valence-electron chi connectivity index (χ4n) is 9.63. The van der Waals surface area contributed by atoms with Crippen molar-refractivity contribution < 1.29 is 19.4 Å². The van der Waals surface area contributed by atoms with Gasteiger partial charge in [-0.2, -0.15) is 0 Å². The number of aryl methyl sites for hydroxylation is 1. The summed E-state index contributed by atoms with van der Waals surface area (Å²) in [6.45, 7) is 13.2. The van der Waals surface area contributed by atoms with Gasteiger partial charge in [0, 0.05) is 93.9 Å². The van der Waals surface area contributed by atoms with Gasteiger partial charge in [-0.1, -0.05) is 20.4 Å². The van der Waals surface area contributed by atoms with Crippen LogP contribution in [0, 0.1) is 5.41 Å². The van der Waals surface area contributed by atoms with Crippen LogP contribution >= 0.6 is 0 Å². The Balaban J connectivity index is 1.00. The molecule has 2 amide bonds. The van der Waals surface area contributed by atoms with Crippen LogP contribution in [0.4, 0.5) is 28.7 Å². The molecular formula is C43H51N9O5. The zero-order valence-electron chi connectivity index (χ0n) is 33.0. The summed E-state index contributed by atoms with van der Waals surface area (Å²) in [5.74, 6) is -0.0360. The van der Waals surface area contributed by atoms with Crippen LogP contribution in [0.3, 0.4) is 0 Å². The van der Waals surface area contributed by atoms with E-state index < -0.39 is 0 Å². The number of ether oxygens (including phenoxy) is 1. The number of aliphatic hydroxyl groups excluding tert-OH is 1. The number of hydrogen-bond acceptors (Lipinski definition) is 10. The van der Waals surface area contributed by atoms with E-state index in [1.165, 1.54) is 21.9 Å². The number of hydrogen-bond donors (Lipinski definition) is 3. The van der Waals surface area contributed by atoms with Crippen molar-refractivity contribution in [2.24, 2.45) is 12.5 Å². The molecule has 14 nitrogen and oxygen atoms in total. The first-order chi connectivity index (χ1) is 27.5. The molecule has 9 rings (SSSR count). The van der Waals surface area contributed by atoms with Gasteiger partial charge < -0.3 is 34.5 Å². The molecule has 0 atom stereocenters. The summed E-state index contributed by atoms with van der Waals surface area (Å²) in [6.07, 6.45) is 10.6. The van der Waals surface area contributed by atoms with Crippen LogP contribution in [0.2, 0.25) is 0 Å². The van der Waals surface area contributed by atoms with Gasteiger partial charge in [-0.15, -0.1) is 0 Å². The van der Waals surface area contributed by atoms with Crippen molar-refractivity contribution in [2.45, 2.75) is 77.1 Å². The largest absolute Gasteiger partial charge is 0.392 e. The number of nitrogens with one attached hydrogen (secondary N) is 2. The zero-order valence-corrected chi connectivity index (χ0v) is 33.0. The van der Waals surface area contributed by atoms with Gasteiger partial charge in [-0.3, -0.25) is 24.2 Å². The zero-order chi connectivity index (χ0) is 39.6. The minimum absolute atomic E-state index is 0.0131. The number of pyridine rings is 1. The second kappa shape index (κ2) is 14.3. The van der Waals surface area contributed by atoms with Crippen LogP contribution in [-0.4, -0.2) is 91.9 Å². The fourth-order valence-corrected chi connectivity index (χ4v) is 9.63. The Hall–Kier alpha value is -5.31. The summed E-state index contributed by atoms with van der Waals surface area (Å²) >= 11 is 0. The number of nitrogens with zero attached hydrogens (tertiary/aromatic N) is 7. The van der Waals surface area contributed by atoms with Crippen molar-refractivity contribution in [3.63, 3.8) is 0 Å². The van der Waals surface area contributed by atoms with Crippen LogP contribution in [0.15, 0.2) is 60.2 Å². The van der Waals surface area contributed by atoms with Gasteiger partial charge in [-0.05, 0) is 85.9 Å². The van der Waals surface area contributed by atoms with E-state index in [1.54, 1.807) is 30.4 Å². The maximum absolute atomic E-state index is 14.0. The first-order valence-electron chi connectivity index (χ1n) is 20.1. The van der Waals surface area contributed by atoms with E-state index in [2.05, 4.69) is 50.4 Å². The summed E-state index contributed by atoms with van der Waals surface area (Å²) in [5.41, 5.74) is 6.49. The molecule has 1 aromatic carbocycles. The van der Waals surface area contributed by atoms with Crippen LogP contribution in [0.5, 0.6) is 0 Å². The molecule has 2 saturated heterocycles. The number of fused-ring (bicyclic) bond motifs is 3. The topological polar surface area (TPSA) is 150 Å². The lowest BCUT2D eigenvalue weighted by Gasteiger charge is -2.47. The van der Waals surface area contributed by atoms with Crippen LogP contribution < -0.4 is 26.0 Å². The number of benzene rings is 1. The van der Waals surface area contributed by atoms with Crippen LogP contribution in [0.1, 0.15) is 66.8 Å². The molecule has 298 valence electrons. The normalized spacial score (nSPS) is 20.0. The highest BCUT2D eigenvalue weighted by Gasteiger charge is 2.52. The Morgan fingerprint density at radius 1 is 1.07 bits per heavy atom. The summed E-state index contributed by atoms with van der Waals surface area (Å²) in [7, 11) is 1.65. The number of aromatic nitrogens is 4. The lowest BCUT2D eigenvalue weighted by Crippen LogP contribution is -2.58. The molecule has 3 aliphatic heterocycles. The lowest BCUT2D eigenvalue weighted by molar-refractivity contribution is -0.111. The molecule has 3 aromatic heterocycles. The number of piperazine rings is 1. The number of rotatable bonds is 9. The predicted octanol–water partition coefficient (Wildman–Crippen LogP) is 4.62. The Morgan fingerprint density at radius 2 is 1.88 bits per heavy atom. The molecule has 0 unspecified atom stereocenters. The van der Waals surface area contributed by atoms with Crippen molar-refractivity contribution in [2.75, 3.05) is 59.8 Å². The summed E-state index contributed by atoms with van der Waals surface area (Å²) in [4.78, 5) is 56.4. The van der Waals surface area contributed by atoms with E-state index >= 15 is 0 Å². The standard InChI is InChI=1S/C43H51N9O5/c1-5-37(54)46-32-21-28(6-7-34(32)52-17-14-49(26-43(52)11-12-43)29-9-18-57-19-10-29)45-38-41(56)48(4)24-33(47-38)30-8-13-44-39(31(30)25-53)51-16-15-50-35(40(51)55)20-27-22-42(2,3)23-36(27)50/h5-8,13,20-21,24,29,53H,1,9-12,14-19,22-23,25-26H2,2-4H3,(H,45,47)(H,46,54). The molecule has 3 fully saturated rings. The number of anilines is 5.